The molecule has 1 saturated heterocycles. The van der Waals surface area contributed by atoms with E-state index in [9.17, 15) is 22.4 Å². The first-order chi connectivity index (χ1) is 15.7. The second-order valence-corrected chi connectivity index (χ2v) is 7.82. The molecule has 0 aromatic heterocycles. The molecule has 1 fully saturated rings. The third-order valence-electron chi connectivity index (χ3n) is 5.79. The third kappa shape index (κ3) is 4.63. The van der Waals surface area contributed by atoms with Crippen molar-refractivity contribution < 1.29 is 41.3 Å². The fraction of sp³-hybridized carbons (Fsp3) is 0.435. The van der Waals surface area contributed by atoms with Gasteiger partial charge in [-0.05, 0) is 23.3 Å². The van der Waals surface area contributed by atoms with Crippen LogP contribution in [0, 0.1) is 5.82 Å². The summed E-state index contributed by atoms with van der Waals surface area (Å²) in [5.41, 5.74) is -0.209. The first-order valence-electron chi connectivity index (χ1n) is 10.4. The topological polar surface area (TPSA) is 57.2 Å². The molecule has 2 heterocycles. The summed E-state index contributed by atoms with van der Waals surface area (Å²) in [5, 5.41) is 0. The Morgan fingerprint density at radius 1 is 1.12 bits per heavy atom. The van der Waals surface area contributed by atoms with Gasteiger partial charge in [0.1, 0.15) is 40.3 Å². The first kappa shape index (κ1) is 23.3. The maximum atomic E-state index is 14.0. The van der Waals surface area contributed by atoms with Crippen LogP contribution in [-0.2, 0) is 17.5 Å². The molecule has 0 N–H and O–H groups in total. The number of ketones is 1. The predicted molar refractivity (Wildman–Crippen MR) is 109 cm³/mol. The molecule has 178 valence electrons. The number of alkyl halides is 3. The average Bonchev–Trinajstić information content (AvgIpc) is 2.77. The Morgan fingerprint density at radius 2 is 1.85 bits per heavy atom. The molecule has 0 aliphatic carbocycles. The molecule has 6 nitrogen and oxygen atoms in total. The van der Waals surface area contributed by atoms with Crippen molar-refractivity contribution >= 4 is 5.78 Å². The summed E-state index contributed by atoms with van der Waals surface area (Å²) in [6.45, 7) is 2.92. The molecule has 2 aliphatic heterocycles. The Labute approximate surface area is 188 Å². The maximum Gasteiger partial charge on any atom is 0.423 e. The molecule has 0 radical (unpaired) electrons. The highest BCUT2D eigenvalue weighted by atomic mass is 19.4. The number of hydrogen-bond acceptors (Lipinski definition) is 6. The van der Waals surface area contributed by atoms with E-state index in [0.29, 0.717) is 44.0 Å². The summed E-state index contributed by atoms with van der Waals surface area (Å²) in [6.07, 6.45) is -5.81. The van der Waals surface area contributed by atoms with Crippen LogP contribution in [0.15, 0.2) is 24.3 Å². The Morgan fingerprint density at radius 3 is 2.48 bits per heavy atom. The summed E-state index contributed by atoms with van der Waals surface area (Å²) >= 11 is 0. The van der Waals surface area contributed by atoms with Crippen molar-refractivity contribution in [3.8, 4) is 17.2 Å². The molecule has 33 heavy (non-hydrogen) atoms. The average molecular weight is 469 g/mol. The van der Waals surface area contributed by atoms with E-state index in [4.69, 9.17) is 18.9 Å². The van der Waals surface area contributed by atoms with Gasteiger partial charge in [-0.15, -0.1) is 0 Å². The SMILES string of the molecule is COc1cc2c(c(OC)c1C(F)(F)F)C(=O)CC(c1ccc(F)cc1CN1CCOCC1)O2. The van der Waals surface area contributed by atoms with Gasteiger partial charge in [0.25, 0.3) is 0 Å². The number of methoxy groups -OCH3 is 2. The summed E-state index contributed by atoms with van der Waals surface area (Å²) in [5.74, 6) is -2.21. The number of fused-ring (bicyclic) bond motifs is 1. The minimum absolute atomic E-state index is 0.0698. The van der Waals surface area contributed by atoms with Gasteiger partial charge in [0.15, 0.2) is 5.78 Å². The summed E-state index contributed by atoms with van der Waals surface area (Å²) in [7, 11) is 2.16. The summed E-state index contributed by atoms with van der Waals surface area (Å²) in [6, 6.07) is 5.26. The Balaban J connectivity index is 1.74. The Kier molecular flexibility index (Phi) is 6.49. The van der Waals surface area contributed by atoms with Crippen LogP contribution in [0.2, 0.25) is 0 Å². The van der Waals surface area contributed by atoms with Crippen molar-refractivity contribution in [2.24, 2.45) is 0 Å². The number of rotatable bonds is 5. The predicted octanol–water partition coefficient (Wildman–Crippen LogP) is 4.40. The van der Waals surface area contributed by atoms with Crippen molar-refractivity contribution in [1.29, 1.82) is 0 Å². The first-order valence-corrected chi connectivity index (χ1v) is 10.4. The second kappa shape index (κ2) is 9.18. The maximum absolute atomic E-state index is 14.0. The van der Waals surface area contributed by atoms with E-state index in [0.717, 1.165) is 20.3 Å². The number of halogens is 4. The summed E-state index contributed by atoms with van der Waals surface area (Å²) < 4.78 is 76.3. The standard InChI is InChI=1S/C23H23F4NO5/c1-30-19-11-18-20(22(31-2)21(19)23(25,26)27)16(29)10-17(33-18)15-4-3-14(24)9-13(15)12-28-5-7-32-8-6-28/h3-4,9,11,17H,5-8,10,12H2,1-2H3. The zero-order chi connectivity index (χ0) is 23.8. The van der Waals surface area contributed by atoms with Crippen molar-refractivity contribution in [3.63, 3.8) is 0 Å². The number of carbonyl (C=O) groups is 1. The van der Waals surface area contributed by atoms with Crippen molar-refractivity contribution in [2.75, 3.05) is 40.5 Å². The molecule has 0 amide bonds. The van der Waals surface area contributed by atoms with Crippen LogP contribution in [0.25, 0.3) is 0 Å². The van der Waals surface area contributed by atoms with E-state index in [2.05, 4.69) is 4.90 Å². The van der Waals surface area contributed by atoms with Crippen LogP contribution in [0.3, 0.4) is 0 Å². The van der Waals surface area contributed by atoms with Crippen molar-refractivity contribution in [2.45, 2.75) is 25.2 Å². The van der Waals surface area contributed by atoms with Crippen LogP contribution in [-0.4, -0.2) is 51.2 Å². The molecular weight excluding hydrogens is 446 g/mol. The van der Waals surface area contributed by atoms with E-state index in [1.54, 1.807) is 6.07 Å². The highest BCUT2D eigenvalue weighted by Gasteiger charge is 2.43. The lowest BCUT2D eigenvalue weighted by Gasteiger charge is -2.31. The number of ether oxygens (including phenoxy) is 4. The van der Waals surface area contributed by atoms with Gasteiger partial charge in [-0.1, -0.05) is 6.07 Å². The number of nitrogens with zero attached hydrogens (tertiary/aromatic N) is 1. The van der Waals surface area contributed by atoms with Crippen molar-refractivity contribution in [3.05, 3.63) is 52.3 Å². The van der Waals surface area contributed by atoms with Gasteiger partial charge in [-0.25, -0.2) is 4.39 Å². The van der Waals surface area contributed by atoms with E-state index < -0.39 is 40.9 Å². The fourth-order valence-corrected chi connectivity index (χ4v) is 4.27. The largest absolute Gasteiger partial charge is 0.496 e. The van der Waals surface area contributed by atoms with E-state index in [-0.39, 0.29) is 17.7 Å². The number of hydrogen-bond donors (Lipinski definition) is 0. The molecule has 0 bridgehead atoms. The van der Waals surface area contributed by atoms with Crippen molar-refractivity contribution in [1.82, 2.24) is 4.90 Å². The van der Waals surface area contributed by atoms with Crippen LogP contribution >= 0.6 is 0 Å². The van der Waals surface area contributed by atoms with Gasteiger partial charge >= 0.3 is 6.18 Å². The monoisotopic (exact) mass is 469 g/mol. The lowest BCUT2D eigenvalue weighted by molar-refractivity contribution is -0.140. The number of morpholine rings is 1. The quantitative estimate of drug-likeness (QED) is 0.606. The zero-order valence-electron chi connectivity index (χ0n) is 18.1. The molecule has 10 heteroatoms. The number of Topliss-reactive ketones (excluding diaryl/α,β-unsaturated/α-hetero) is 1. The van der Waals surface area contributed by atoms with Crippen LogP contribution in [0.1, 0.15) is 39.6 Å². The highest BCUT2D eigenvalue weighted by Crippen LogP contribution is 2.50. The number of benzene rings is 2. The van der Waals surface area contributed by atoms with E-state index in [1.165, 1.54) is 12.1 Å². The molecule has 1 atom stereocenters. The lowest BCUT2D eigenvalue weighted by atomic mass is 9.91. The molecule has 0 saturated carbocycles. The smallest absolute Gasteiger partial charge is 0.423 e. The Bertz CT molecular complexity index is 1050. The lowest BCUT2D eigenvalue weighted by Crippen LogP contribution is -2.36. The minimum Gasteiger partial charge on any atom is -0.496 e. The Hall–Kier alpha value is -2.85. The molecule has 2 aromatic rings. The van der Waals surface area contributed by atoms with E-state index in [1.807, 2.05) is 0 Å². The molecule has 2 aliphatic rings. The van der Waals surface area contributed by atoms with E-state index >= 15 is 0 Å². The van der Waals surface area contributed by atoms with Crippen LogP contribution in [0.5, 0.6) is 17.2 Å². The zero-order valence-corrected chi connectivity index (χ0v) is 18.1. The normalized spacial score (nSPS) is 19.1. The third-order valence-corrected chi connectivity index (χ3v) is 5.79. The minimum atomic E-state index is -4.80. The second-order valence-electron chi connectivity index (χ2n) is 7.82. The molecule has 4 rings (SSSR count). The fourth-order valence-electron chi connectivity index (χ4n) is 4.27. The van der Waals surface area contributed by atoms with Gasteiger partial charge in [0.05, 0.1) is 33.9 Å². The van der Waals surface area contributed by atoms with Gasteiger partial charge in [0.2, 0.25) is 0 Å². The highest BCUT2D eigenvalue weighted by molar-refractivity contribution is 6.03. The van der Waals surface area contributed by atoms with Gasteiger partial charge in [-0.3, -0.25) is 9.69 Å². The molecule has 2 aromatic carbocycles. The molecule has 0 spiro atoms. The molecule has 1 unspecified atom stereocenters. The van der Waals surface area contributed by atoms with Crippen LogP contribution in [0.4, 0.5) is 17.6 Å². The summed E-state index contributed by atoms with van der Waals surface area (Å²) in [4.78, 5) is 15.1. The van der Waals surface area contributed by atoms with Gasteiger partial charge < -0.3 is 18.9 Å². The van der Waals surface area contributed by atoms with Gasteiger partial charge in [0, 0.05) is 25.7 Å². The number of carbonyl (C=O) groups excluding carboxylic acids is 1. The molecular formula is C23H23F4NO5. The van der Waals surface area contributed by atoms with Gasteiger partial charge in [-0.2, -0.15) is 13.2 Å². The van der Waals surface area contributed by atoms with Crippen LogP contribution < -0.4 is 14.2 Å².